The summed E-state index contributed by atoms with van der Waals surface area (Å²) in [6.45, 7) is 0.466. The Morgan fingerprint density at radius 1 is 1.06 bits per heavy atom. The van der Waals surface area contributed by atoms with Gasteiger partial charge in [-0.3, -0.25) is 0 Å². The van der Waals surface area contributed by atoms with Crippen molar-refractivity contribution in [3.05, 3.63) is 30.3 Å². The van der Waals surface area contributed by atoms with Crippen molar-refractivity contribution in [2.75, 3.05) is 12.4 Å². The van der Waals surface area contributed by atoms with Crippen LogP contribution in [0.2, 0.25) is 0 Å². The molecule has 3 nitrogen and oxygen atoms in total. The molecule has 0 fully saturated rings. The molecular weight excluding hydrogens is 246 g/mol. The first-order valence-electron chi connectivity index (χ1n) is 5.27. The molecule has 1 N–H and O–H groups in total. The van der Waals surface area contributed by atoms with Crippen molar-refractivity contribution in [3.8, 4) is 0 Å². The van der Waals surface area contributed by atoms with E-state index in [1.54, 1.807) is 30.3 Å². The van der Waals surface area contributed by atoms with Gasteiger partial charge >= 0.3 is 0 Å². The number of halogens is 1. The maximum atomic E-state index is 11.7. The van der Waals surface area contributed by atoms with E-state index in [1.807, 2.05) is 0 Å². The van der Waals surface area contributed by atoms with Crippen LogP contribution in [0.5, 0.6) is 0 Å². The minimum absolute atomic E-state index is 0.312. The quantitative estimate of drug-likeness (QED) is 0.605. The van der Waals surface area contributed by atoms with Gasteiger partial charge in [0.2, 0.25) is 10.0 Å². The number of hydrogen-bond donors (Lipinski definition) is 1. The van der Waals surface area contributed by atoms with Crippen LogP contribution in [-0.4, -0.2) is 20.8 Å². The molecule has 0 bridgehead atoms. The average molecular weight is 262 g/mol. The van der Waals surface area contributed by atoms with Crippen molar-refractivity contribution in [1.82, 2.24) is 4.72 Å². The number of hydrogen-bond acceptors (Lipinski definition) is 2. The number of rotatable bonds is 7. The van der Waals surface area contributed by atoms with Crippen LogP contribution in [0.3, 0.4) is 0 Å². The smallest absolute Gasteiger partial charge is 0.211 e. The van der Waals surface area contributed by atoms with E-state index in [-0.39, 0.29) is 0 Å². The summed E-state index contributed by atoms with van der Waals surface area (Å²) in [6.07, 6.45) is 2.69. The SMILES string of the molecule is O=S(=O)(NCCCCCCl)c1ccccc1. The van der Waals surface area contributed by atoms with Gasteiger partial charge < -0.3 is 0 Å². The lowest BCUT2D eigenvalue weighted by Crippen LogP contribution is -2.24. The molecule has 16 heavy (non-hydrogen) atoms. The molecule has 5 heteroatoms. The highest BCUT2D eigenvalue weighted by Crippen LogP contribution is 2.07. The third-order valence-corrected chi connectivity index (χ3v) is 3.90. The second-order valence-electron chi connectivity index (χ2n) is 3.46. The molecule has 0 heterocycles. The van der Waals surface area contributed by atoms with Crippen molar-refractivity contribution in [2.24, 2.45) is 0 Å². The van der Waals surface area contributed by atoms with Gasteiger partial charge in [-0.1, -0.05) is 24.6 Å². The van der Waals surface area contributed by atoms with Crippen molar-refractivity contribution in [3.63, 3.8) is 0 Å². The zero-order chi connectivity index (χ0) is 11.9. The Kier molecular flexibility index (Phi) is 5.80. The molecule has 0 saturated carbocycles. The molecule has 0 aliphatic carbocycles. The Bertz CT molecular complexity index is 392. The van der Waals surface area contributed by atoms with E-state index in [0.29, 0.717) is 17.3 Å². The van der Waals surface area contributed by atoms with Crippen LogP contribution in [0.25, 0.3) is 0 Å². The third-order valence-electron chi connectivity index (χ3n) is 2.16. The summed E-state index contributed by atoms with van der Waals surface area (Å²) in [6, 6.07) is 8.38. The molecule has 90 valence electrons. The van der Waals surface area contributed by atoms with E-state index in [2.05, 4.69) is 4.72 Å². The van der Waals surface area contributed by atoms with Gasteiger partial charge in [-0.15, -0.1) is 11.6 Å². The molecule has 1 aromatic carbocycles. The molecule has 1 aromatic rings. The first kappa shape index (κ1) is 13.5. The highest BCUT2D eigenvalue weighted by Gasteiger charge is 2.11. The molecule has 0 spiro atoms. The molecule has 0 radical (unpaired) electrons. The normalized spacial score (nSPS) is 11.6. The minimum atomic E-state index is -3.33. The van der Waals surface area contributed by atoms with Crippen molar-refractivity contribution < 1.29 is 8.42 Å². The molecule has 0 aliphatic rings. The topological polar surface area (TPSA) is 46.2 Å². The Morgan fingerprint density at radius 2 is 1.75 bits per heavy atom. The van der Waals surface area contributed by atoms with Crippen LogP contribution >= 0.6 is 11.6 Å². The predicted octanol–water partition coefficient (Wildman–Crippen LogP) is 2.37. The monoisotopic (exact) mass is 261 g/mol. The first-order chi connectivity index (χ1) is 7.67. The maximum Gasteiger partial charge on any atom is 0.240 e. The second-order valence-corrected chi connectivity index (χ2v) is 5.61. The lowest BCUT2D eigenvalue weighted by atomic mass is 10.2. The summed E-state index contributed by atoms with van der Waals surface area (Å²) in [5, 5.41) is 0. The molecule has 1 rings (SSSR count). The zero-order valence-corrected chi connectivity index (χ0v) is 10.6. The molecule has 0 atom stereocenters. The van der Waals surface area contributed by atoms with Crippen LogP contribution in [0.1, 0.15) is 19.3 Å². The Hall–Kier alpha value is -0.580. The lowest BCUT2D eigenvalue weighted by Gasteiger charge is -2.05. The van der Waals surface area contributed by atoms with Crippen molar-refractivity contribution in [2.45, 2.75) is 24.2 Å². The number of unbranched alkanes of at least 4 members (excludes halogenated alkanes) is 2. The third kappa shape index (κ3) is 4.51. The summed E-state index contributed by atoms with van der Waals surface area (Å²) in [4.78, 5) is 0.312. The van der Waals surface area contributed by atoms with Gasteiger partial charge in [0.15, 0.2) is 0 Å². The van der Waals surface area contributed by atoms with Gasteiger partial charge in [-0.05, 0) is 25.0 Å². The van der Waals surface area contributed by atoms with E-state index < -0.39 is 10.0 Å². The average Bonchev–Trinajstić information content (AvgIpc) is 2.30. The minimum Gasteiger partial charge on any atom is -0.211 e. The Morgan fingerprint density at radius 3 is 2.38 bits per heavy atom. The summed E-state index contributed by atoms with van der Waals surface area (Å²) in [7, 11) is -3.33. The fraction of sp³-hybridized carbons (Fsp3) is 0.455. The fourth-order valence-corrected chi connectivity index (χ4v) is 2.57. The summed E-state index contributed by atoms with van der Waals surface area (Å²) in [5.74, 6) is 0.630. The van der Waals surface area contributed by atoms with E-state index in [0.717, 1.165) is 19.3 Å². The van der Waals surface area contributed by atoms with Crippen LogP contribution < -0.4 is 4.72 Å². The van der Waals surface area contributed by atoms with Crippen LogP contribution in [0.4, 0.5) is 0 Å². The number of nitrogens with one attached hydrogen (secondary N) is 1. The van der Waals surface area contributed by atoms with E-state index >= 15 is 0 Å². The summed E-state index contributed by atoms with van der Waals surface area (Å²) < 4.78 is 26.0. The first-order valence-corrected chi connectivity index (χ1v) is 7.29. The highest BCUT2D eigenvalue weighted by molar-refractivity contribution is 7.89. The zero-order valence-electron chi connectivity index (χ0n) is 9.02. The van der Waals surface area contributed by atoms with E-state index in [4.69, 9.17) is 11.6 Å². The van der Waals surface area contributed by atoms with E-state index in [1.165, 1.54) is 0 Å². The van der Waals surface area contributed by atoms with Crippen LogP contribution in [-0.2, 0) is 10.0 Å². The predicted molar refractivity (Wildman–Crippen MR) is 66.2 cm³/mol. The molecule has 0 amide bonds. The van der Waals surface area contributed by atoms with Crippen LogP contribution in [0, 0.1) is 0 Å². The molecular formula is C11H16ClNO2S. The number of sulfonamides is 1. The summed E-state index contributed by atoms with van der Waals surface area (Å²) >= 11 is 5.53. The van der Waals surface area contributed by atoms with Gasteiger partial charge in [-0.25, -0.2) is 13.1 Å². The number of alkyl halides is 1. The van der Waals surface area contributed by atoms with Gasteiger partial charge in [0, 0.05) is 12.4 Å². The molecule has 0 aromatic heterocycles. The second kappa shape index (κ2) is 6.89. The Labute approximate surface area is 102 Å². The Balaban J connectivity index is 2.41. The standard InChI is InChI=1S/C11H16ClNO2S/c12-9-5-2-6-10-13-16(14,15)11-7-3-1-4-8-11/h1,3-4,7-8,13H,2,5-6,9-10H2. The molecule has 0 aliphatic heterocycles. The van der Waals surface area contributed by atoms with Crippen molar-refractivity contribution in [1.29, 1.82) is 0 Å². The largest absolute Gasteiger partial charge is 0.240 e. The van der Waals surface area contributed by atoms with Gasteiger partial charge in [0.25, 0.3) is 0 Å². The van der Waals surface area contributed by atoms with Crippen LogP contribution in [0.15, 0.2) is 35.2 Å². The van der Waals surface area contributed by atoms with Gasteiger partial charge in [0.05, 0.1) is 4.90 Å². The maximum absolute atomic E-state index is 11.7. The molecule has 0 saturated heterocycles. The fourth-order valence-electron chi connectivity index (χ4n) is 1.29. The van der Waals surface area contributed by atoms with Gasteiger partial charge in [0.1, 0.15) is 0 Å². The van der Waals surface area contributed by atoms with E-state index in [9.17, 15) is 8.42 Å². The van der Waals surface area contributed by atoms with Gasteiger partial charge in [-0.2, -0.15) is 0 Å². The lowest BCUT2D eigenvalue weighted by molar-refractivity contribution is 0.576. The van der Waals surface area contributed by atoms with Crippen molar-refractivity contribution >= 4 is 21.6 Å². The summed E-state index contributed by atoms with van der Waals surface area (Å²) in [5.41, 5.74) is 0. The number of benzene rings is 1. The molecule has 0 unspecified atom stereocenters. The highest BCUT2D eigenvalue weighted by atomic mass is 35.5.